The lowest BCUT2D eigenvalue weighted by Gasteiger charge is -2.07. The average molecular weight is 241 g/mol. The summed E-state index contributed by atoms with van der Waals surface area (Å²) in [5.41, 5.74) is 3.53. The van der Waals surface area contributed by atoms with E-state index in [-0.39, 0.29) is 0 Å². The number of anilines is 1. The fraction of sp³-hybridized carbons (Fsp3) is 0.333. The third-order valence-corrected chi connectivity index (χ3v) is 2.70. The van der Waals surface area contributed by atoms with E-state index in [9.17, 15) is 0 Å². The normalized spacial score (nSPS) is 10.4. The number of aromatic nitrogens is 2. The Balaban J connectivity index is 2.23. The second-order valence-corrected chi connectivity index (χ2v) is 4.51. The minimum Gasteiger partial charge on any atom is -0.370 e. The molecule has 1 N–H and O–H groups in total. The summed E-state index contributed by atoms with van der Waals surface area (Å²) in [7, 11) is 0. The highest BCUT2D eigenvalue weighted by Crippen LogP contribution is 2.11. The van der Waals surface area contributed by atoms with Gasteiger partial charge in [-0.1, -0.05) is 29.8 Å². The van der Waals surface area contributed by atoms with E-state index in [0.29, 0.717) is 0 Å². The van der Waals surface area contributed by atoms with Crippen LogP contribution in [0.3, 0.4) is 0 Å². The smallest absolute Gasteiger partial charge is 0.135 e. The van der Waals surface area contributed by atoms with Crippen LogP contribution in [-0.4, -0.2) is 16.5 Å². The minimum atomic E-state index is 0.780. The van der Waals surface area contributed by atoms with Gasteiger partial charge in [0.25, 0.3) is 0 Å². The molecule has 0 saturated carbocycles. The highest BCUT2D eigenvalue weighted by molar-refractivity contribution is 5.36. The SMILES string of the molecule is CCNc1cc(C)nc(Cc2cccc(C)c2)n1. The molecule has 94 valence electrons. The molecule has 3 nitrogen and oxygen atoms in total. The van der Waals surface area contributed by atoms with Gasteiger partial charge >= 0.3 is 0 Å². The summed E-state index contributed by atoms with van der Waals surface area (Å²) in [6, 6.07) is 10.4. The largest absolute Gasteiger partial charge is 0.370 e. The first-order chi connectivity index (χ1) is 8.67. The second kappa shape index (κ2) is 5.63. The summed E-state index contributed by atoms with van der Waals surface area (Å²) in [4.78, 5) is 9.02. The minimum absolute atomic E-state index is 0.780. The van der Waals surface area contributed by atoms with Crippen molar-refractivity contribution >= 4 is 5.82 Å². The number of aryl methyl sites for hydroxylation is 2. The lowest BCUT2D eigenvalue weighted by atomic mass is 10.1. The van der Waals surface area contributed by atoms with Crippen molar-refractivity contribution < 1.29 is 0 Å². The maximum atomic E-state index is 4.53. The molecular formula is C15H19N3. The van der Waals surface area contributed by atoms with E-state index >= 15 is 0 Å². The Morgan fingerprint density at radius 3 is 2.67 bits per heavy atom. The molecule has 0 spiro atoms. The third kappa shape index (κ3) is 3.29. The molecule has 18 heavy (non-hydrogen) atoms. The Morgan fingerprint density at radius 2 is 1.94 bits per heavy atom. The van der Waals surface area contributed by atoms with Crippen LogP contribution in [0.25, 0.3) is 0 Å². The quantitative estimate of drug-likeness (QED) is 0.893. The first-order valence-electron chi connectivity index (χ1n) is 6.31. The summed E-state index contributed by atoms with van der Waals surface area (Å²) in [6.45, 7) is 7.05. The standard InChI is InChI=1S/C15H19N3/c1-4-16-14-9-12(3)17-15(18-14)10-13-7-5-6-11(2)8-13/h5-9H,4,10H2,1-3H3,(H,16,17,18). The van der Waals surface area contributed by atoms with Crippen LogP contribution >= 0.6 is 0 Å². The zero-order valence-electron chi connectivity index (χ0n) is 11.2. The van der Waals surface area contributed by atoms with Gasteiger partial charge < -0.3 is 5.32 Å². The zero-order chi connectivity index (χ0) is 13.0. The molecule has 0 radical (unpaired) electrons. The first kappa shape index (κ1) is 12.6. The van der Waals surface area contributed by atoms with Gasteiger partial charge in [-0.05, 0) is 26.3 Å². The van der Waals surface area contributed by atoms with Crippen molar-refractivity contribution in [3.8, 4) is 0 Å². The lowest BCUT2D eigenvalue weighted by Crippen LogP contribution is -2.05. The van der Waals surface area contributed by atoms with E-state index in [1.165, 1.54) is 11.1 Å². The molecule has 1 aromatic heterocycles. The van der Waals surface area contributed by atoms with Crippen molar-refractivity contribution in [3.05, 3.63) is 53.0 Å². The summed E-state index contributed by atoms with van der Waals surface area (Å²) in [6.07, 6.45) is 0.780. The summed E-state index contributed by atoms with van der Waals surface area (Å²) >= 11 is 0. The van der Waals surface area contributed by atoms with Crippen molar-refractivity contribution in [2.75, 3.05) is 11.9 Å². The molecule has 0 aliphatic carbocycles. The monoisotopic (exact) mass is 241 g/mol. The van der Waals surface area contributed by atoms with Crippen molar-refractivity contribution in [1.29, 1.82) is 0 Å². The Labute approximate surface area is 108 Å². The molecule has 0 bridgehead atoms. The van der Waals surface area contributed by atoms with Gasteiger partial charge in [0, 0.05) is 24.7 Å². The van der Waals surface area contributed by atoms with Gasteiger partial charge in [0.1, 0.15) is 11.6 Å². The van der Waals surface area contributed by atoms with Gasteiger partial charge in [0.2, 0.25) is 0 Å². The molecular weight excluding hydrogens is 222 g/mol. The molecule has 0 unspecified atom stereocenters. The number of hydrogen-bond donors (Lipinski definition) is 1. The van der Waals surface area contributed by atoms with E-state index in [4.69, 9.17) is 0 Å². The van der Waals surface area contributed by atoms with Crippen LogP contribution in [0.2, 0.25) is 0 Å². The highest BCUT2D eigenvalue weighted by Gasteiger charge is 2.03. The first-order valence-corrected chi connectivity index (χ1v) is 6.31. The van der Waals surface area contributed by atoms with E-state index in [1.54, 1.807) is 0 Å². The predicted octanol–water partition coefficient (Wildman–Crippen LogP) is 3.12. The maximum absolute atomic E-state index is 4.53. The number of rotatable bonds is 4. The molecule has 2 rings (SSSR count). The van der Waals surface area contributed by atoms with Crippen LogP contribution in [0, 0.1) is 13.8 Å². The van der Waals surface area contributed by atoms with E-state index in [0.717, 1.165) is 30.3 Å². The fourth-order valence-electron chi connectivity index (χ4n) is 1.99. The maximum Gasteiger partial charge on any atom is 0.135 e. The molecule has 1 aromatic carbocycles. The Kier molecular flexibility index (Phi) is 3.92. The Hall–Kier alpha value is -1.90. The van der Waals surface area contributed by atoms with E-state index < -0.39 is 0 Å². The van der Waals surface area contributed by atoms with Crippen molar-refractivity contribution in [3.63, 3.8) is 0 Å². The van der Waals surface area contributed by atoms with E-state index in [1.807, 2.05) is 13.0 Å². The van der Waals surface area contributed by atoms with Gasteiger partial charge in [0.05, 0.1) is 0 Å². The van der Waals surface area contributed by atoms with Crippen LogP contribution in [0.4, 0.5) is 5.82 Å². The summed E-state index contributed by atoms with van der Waals surface area (Å²) in [5.74, 6) is 1.78. The topological polar surface area (TPSA) is 37.8 Å². The Morgan fingerprint density at radius 1 is 1.11 bits per heavy atom. The van der Waals surface area contributed by atoms with Crippen molar-refractivity contribution in [1.82, 2.24) is 9.97 Å². The number of benzene rings is 1. The van der Waals surface area contributed by atoms with Crippen molar-refractivity contribution in [2.45, 2.75) is 27.2 Å². The highest BCUT2D eigenvalue weighted by atomic mass is 15.0. The van der Waals surface area contributed by atoms with E-state index in [2.05, 4.69) is 53.4 Å². The van der Waals surface area contributed by atoms with Gasteiger partial charge in [-0.25, -0.2) is 9.97 Å². The van der Waals surface area contributed by atoms with Crippen LogP contribution < -0.4 is 5.32 Å². The van der Waals surface area contributed by atoms with Crippen LogP contribution in [0.15, 0.2) is 30.3 Å². The molecule has 3 heteroatoms. The van der Waals surface area contributed by atoms with Crippen LogP contribution in [0.5, 0.6) is 0 Å². The fourth-order valence-corrected chi connectivity index (χ4v) is 1.99. The molecule has 0 aliphatic rings. The van der Waals surface area contributed by atoms with Crippen molar-refractivity contribution in [2.24, 2.45) is 0 Å². The lowest BCUT2D eigenvalue weighted by molar-refractivity contribution is 0.937. The molecule has 0 aliphatic heterocycles. The second-order valence-electron chi connectivity index (χ2n) is 4.51. The summed E-state index contributed by atoms with van der Waals surface area (Å²) < 4.78 is 0. The molecule has 0 fully saturated rings. The van der Waals surface area contributed by atoms with Gasteiger partial charge in [-0.2, -0.15) is 0 Å². The molecule has 0 amide bonds. The van der Waals surface area contributed by atoms with Crippen LogP contribution in [0.1, 0.15) is 29.6 Å². The van der Waals surface area contributed by atoms with Gasteiger partial charge in [-0.3, -0.25) is 0 Å². The average Bonchev–Trinajstić information content (AvgIpc) is 2.28. The number of nitrogens with zero attached hydrogens (tertiary/aromatic N) is 2. The number of nitrogens with one attached hydrogen (secondary N) is 1. The van der Waals surface area contributed by atoms with Gasteiger partial charge in [0.15, 0.2) is 0 Å². The Bertz CT molecular complexity index is 535. The molecule has 1 heterocycles. The molecule has 0 saturated heterocycles. The molecule has 2 aromatic rings. The number of hydrogen-bond acceptors (Lipinski definition) is 3. The zero-order valence-corrected chi connectivity index (χ0v) is 11.2. The van der Waals surface area contributed by atoms with Crippen LogP contribution in [-0.2, 0) is 6.42 Å². The summed E-state index contributed by atoms with van der Waals surface area (Å²) in [5, 5.41) is 3.23. The van der Waals surface area contributed by atoms with Gasteiger partial charge in [-0.15, -0.1) is 0 Å². The third-order valence-electron chi connectivity index (χ3n) is 2.70. The molecule has 0 atom stereocenters. The predicted molar refractivity (Wildman–Crippen MR) is 74.9 cm³/mol.